The maximum atomic E-state index is 12.9. The molecule has 0 N–H and O–H groups in total. The van der Waals surface area contributed by atoms with Crippen LogP contribution in [0.4, 0.5) is 0 Å². The van der Waals surface area contributed by atoms with Crippen LogP contribution in [0, 0.1) is 0 Å². The van der Waals surface area contributed by atoms with Crippen molar-refractivity contribution in [3.05, 3.63) is 84.1 Å². The highest BCUT2D eigenvalue weighted by Gasteiger charge is 2.20. The van der Waals surface area contributed by atoms with E-state index in [2.05, 4.69) is 41.2 Å². The van der Waals surface area contributed by atoms with Crippen LogP contribution in [-0.2, 0) is 6.42 Å². The molecule has 32 heavy (non-hydrogen) atoms. The van der Waals surface area contributed by atoms with E-state index >= 15 is 0 Å². The minimum Gasteiger partial charge on any atom is -0.492 e. The number of piperazine rings is 1. The highest BCUT2D eigenvalue weighted by atomic mass is 16.5. The summed E-state index contributed by atoms with van der Waals surface area (Å²) < 4.78 is 6.07. The normalized spacial score (nSPS) is 14.7. The number of hydrogen-bond donors (Lipinski definition) is 0. The Morgan fingerprint density at radius 1 is 0.938 bits per heavy atom. The van der Waals surface area contributed by atoms with E-state index in [-0.39, 0.29) is 5.91 Å². The first-order valence-corrected chi connectivity index (χ1v) is 11.1. The summed E-state index contributed by atoms with van der Waals surface area (Å²) in [4.78, 5) is 21.5. The minimum absolute atomic E-state index is 0.127. The van der Waals surface area contributed by atoms with Crippen molar-refractivity contribution in [2.24, 2.45) is 0 Å². The number of nitrogens with zero attached hydrogens (tertiary/aromatic N) is 3. The summed E-state index contributed by atoms with van der Waals surface area (Å²) in [6, 6.07) is 22.4. The third-order valence-corrected chi connectivity index (χ3v) is 6.20. The molecule has 0 bridgehead atoms. The van der Waals surface area contributed by atoms with Gasteiger partial charge in [0.2, 0.25) is 0 Å². The number of likely N-dealkylation sites (N-methyl/N-ethyl adjacent to an activating group) is 1. The smallest absolute Gasteiger partial charge is 0.253 e. The molecule has 0 spiro atoms. The second-order valence-corrected chi connectivity index (χ2v) is 8.42. The summed E-state index contributed by atoms with van der Waals surface area (Å²) in [7, 11) is 2.10. The van der Waals surface area contributed by atoms with Gasteiger partial charge in [-0.15, -0.1) is 0 Å². The molecule has 0 unspecified atom stereocenters. The van der Waals surface area contributed by atoms with Crippen LogP contribution in [0.15, 0.2) is 72.9 Å². The molecule has 1 aliphatic heterocycles. The molecule has 1 aliphatic rings. The zero-order chi connectivity index (χ0) is 21.9. The number of ether oxygens (including phenoxy) is 1. The van der Waals surface area contributed by atoms with E-state index in [9.17, 15) is 4.79 Å². The lowest BCUT2D eigenvalue weighted by Gasteiger charge is -2.32. The van der Waals surface area contributed by atoms with Crippen molar-refractivity contribution in [2.75, 3.05) is 39.8 Å². The number of carbonyl (C=O) groups is 1. The highest BCUT2D eigenvalue weighted by Crippen LogP contribution is 2.24. The largest absolute Gasteiger partial charge is 0.492 e. The van der Waals surface area contributed by atoms with Gasteiger partial charge in [-0.2, -0.15) is 0 Å². The lowest BCUT2D eigenvalue weighted by atomic mass is 10.0. The third kappa shape index (κ3) is 4.30. The van der Waals surface area contributed by atoms with Crippen LogP contribution < -0.4 is 4.74 Å². The molecule has 0 radical (unpaired) electrons. The van der Waals surface area contributed by atoms with Crippen LogP contribution in [0.3, 0.4) is 0 Å². The molecule has 3 aromatic carbocycles. The Bertz CT molecular complexity index is 1260. The summed E-state index contributed by atoms with van der Waals surface area (Å²) in [6.07, 6.45) is 2.60. The number of fused-ring (bicyclic) bond motifs is 2. The van der Waals surface area contributed by atoms with E-state index in [1.54, 1.807) is 6.20 Å². The summed E-state index contributed by atoms with van der Waals surface area (Å²) in [5.74, 6) is 0.991. The number of para-hydroxylation sites is 1. The van der Waals surface area contributed by atoms with Gasteiger partial charge in [-0.05, 0) is 53.7 Å². The molecule has 1 saturated heterocycles. The molecule has 4 aromatic rings. The lowest BCUT2D eigenvalue weighted by Crippen LogP contribution is -2.47. The predicted octanol–water partition coefficient (Wildman–Crippen LogP) is 4.40. The molecule has 2 heterocycles. The number of rotatable bonds is 5. The average Bonchev–Trinajstić information content (AvgIpc) is 2.84. The number of amides is 1. The predicted molar refractivity (Wildman–Crippen MR) is 128 cm³/mol. The van der Waals surface area contributed by atoms with Gasteiger partial charge in [0.1, 0.15) is 5.75 Å². The fourth-order valence-corrected chi connectivity index (χ4v) is 4.25. The fraction of sp³-hybridized carbons (Fsp3) is 0.259. The van der Waals surface area contributed by atoms with Crippen molar-refractivity contribution in [2.45, 2.75) is 6.42 Å². The Morgan fingerprint density at radius 2 is 1.72 bits per heavy atom. The van der Waals surface area contributed by atoms with Gasteiger partial charge in [0.25, 0.3) is 5.91 Å². The first-order chi connectivity index (χ1) is 15.7. The topological polar surface area (TPSA) is 45.7 Å². The Kier molecular flexibility index (Phi) is 5.73. The van der Waals surface area contributed by atoms with Crippen molar-refractivity contribution in [1.82, 2.24) is 14.8 Å². The van der Waals surface area contributed by atoms with Crippen LogP contribution >= 0.6 is 0 Å². The van der Waals surface area contributed by atoms with Crippen molar-refractivity contribution >= 4 is 27.6 Å². The molecular weight excluding hydrogens is 398 g/mol. The minimum atomic E-state index is 0.127. The van der Waals surface area contributed by atoms with Gasteiger partial charge in [0.15, 0.2) is 0 Å². The molecule has 0 aliphatic carbocycles. The van der Waals surface area contributed by atoms with Gasteiger partial charge in [0, 0.05) is 49.7 Å². The van der Waals surface area contributed by atoms with E-state index in [0.717, 1.165) is 65.6 Å². The van der Waals surface area contributed by atoms with Gasteiger partial charge in [-0.25, -0.2) is 0 Å². The standard InChI is InChI=1S/C27H27N3O2/c1-29-13-15-30(16-14-29)27(31)23-9-8-21-18-20(6-7-22(21)19-23)11-17-32-26-10-12-28-25-5-3-2-4-24(25)26/h2-10,12,18-19H,11,13-17H2,1H3. The van der Waals surface area contributed by atoms with Crippen LogP contribution in [0.2, 0.25) is 0 Å². The molecule has 0 atom stereocenters. The number of hydrogen-bond acceptors (Lipinski definition) is 4. The molecule has 1 fully saturated rings. The summed E-state index contributed by atoms with van der Waals surface area (Å²) in [5.41, 5.74) is 2.93. The summed E-state index contributed by atoms with van der Waals surface area (Å²) >= 11 is 0. The van der Waals surface area contributed by atoms with Crippen molar-refractivity contribution < 1.29 is 9.53 Å². The lowest BCUT2D eigenvalue weighted by molar-refractivity contribution is 0.0664. The maximum absolute atomic E-state index is 12.9. The molecule has 1 amide bonds. The maximum Gasteiger partial charge on any atom is 0.253 e. The van der Waals surface area contributed by atoms with E-state index < -0.39 is 0 Å². The van der Waals surface area contributed by atoms with Gasteiger partial charge in [-0.1, -0.05) is 36.4 Å². The van der Waals surface area contributed by atoms with Crippen molar-refractivity contribution in [3.63, 3.8) is 0 Å². The first kappa shape index (κ1) is 20.5. The van der Waals surface area contributed by atoms with E-state index in [4.69, 9.17) is 4.74 Å². The van der Waals surface area contributed by atoms with Crippen LogP contribution in [-0.4, -0.2) is 60.5 Å². The second kappa shape index (κ2) is 8.97. The van der Waals surface area contributed by atoms with Crippen LogP contribution in [0.5, 0.6) is 5.75 Å². The molecule has 1 aromatic heterocycles. The van der Waals surface area contributed by atoms with Crippen molar-refractivity contribution in [3.8, 4) is 5.75 Å². The second-order valence-electron chi connectivity index (χ2n) is 8.42. The fourth-order valence-electron chi connectivity index (χ4n) is 4.25. The number of benzene rings is 3. The first-order valence-electron chi connectivity index (χ1n) is 11.1. The summed E-state index contributed by atoms with van der Waals surface area (Å²) in [6.45, 7) is 4.04. The highest BCUT2D eigenvalue weighted by molar-refractivity contribution is 5.98. The zero-order valence-corrected chi connectivity index (χ0v) is 18.3. The van der Waals surface area contributed by atoms with Gasteiger partial charge in [-0.3, -0.25) is 9.78 Å². The zero-order valence-electron chi connectivity index (χ0n) is 18.3. The average molecular weight is 426 g/mol. The third-order valence-electron chi connectivity index (χ3n) is 6.20. The Labute approximate surface area is 188 Å². The Morgan fingerprint density at radius 3 is 2.59 bits per heavy atom. The van der Waals surface area contributed by atoms with Gasteiger partial charge in [0.05, 0.1) is 12.1 Å². The van der Waals surface area contributed by atoms with E-state index in [1.807, 2.05) is 47.4 Å². The molecular formula is C27H27N3O2. The molecule has 5 rings (SSSR count). The van der Waals surface area contributed by atoms with Crippen molar-refractivity contribution in [1.29, 1.82) is 0 Å². The molecule has 162 valence electrons. The number of carbonyl (C=O) groups excluding carboxylic acids is 1. The van der Waals surface area contributed by atoms with Gasteiger partial charge >= 0.3 is 0 Å². The Hall–Kier alpha value is -3.44. The van der Waals surface area contributed by atoms with E-state index in [0.29, 0.717) is 6.61 Å². The monoisotopic (exact) mass is 425 g/mol. The van der Waals surface area contributed by atoms with Crippen LogP contribution in [0.1, 0.15) is 15.9 Å². The van der Waals surface area contributed by atoms with E-state index in [1.165, 1.54) is 5.56 Å². The quantitative estimate of drug-likeness (QED) is 0.476. The SMILES string of the molecule is CN1CCN(C(=O)c2ccc3cc(CCOc4ccnc5ccccc45)ccc3c2)CC1. The number of pyridine rings is 1. The van der Waals surface area contributed by atoms with Gasteiger partial charge < -0.3 is 14.5 Å². The summed E-state index contributed by atoms with van der Waals surface area (Å²) in [5, 5.41) is 3.27. The van der Waals surface area contributed by atoms with Crippen LogP contribution in [0.25, 0.3) is 21.7 Å². The Balaban J connectivity index is 1.26. The number of aromatic nitrogens is 1. The molecule has 0 saturated carbocycles. The molecule has 5 nitrogen and oxygen atoms in total. The molecule has 5 heteroatoms.